The summed E-state index contributed by atoms with van der Waals surface area (Å²) in [6.07, 6.45) is 2.29. The number of aromatic nitrogens is 2. The molecule has 120 valence electrons. The van der Waals surface area contributed by atoms with E-state index < -0.39 is 19.9 Å². The van der Waals surface area contributed by atoms with Crippen molar-refractivity contribution in [3.63, 3.8) is 0 Å². The van der Waals surface area contributed by atoms with E-state index in [-0.39, 0.29) is 21.5 Å². The zero-order valence-corrected chi connectivity index (χ0v) is 14.0. The highest BCUT2D eigenvalue weighted by Gasteiger charge is 2.19. The van der Waals surface area contributed by atoms with Gasteiger partial charge < -0.3 is 4.98 Å². The number of sulfone groups is 1. The summed E-state index contributed by atoms with van der Waals surface area (Å²) in [6.45, 7) is 3.77. The molecule has 0 aliphatic rings. The molecular weight excluding hydrogens is 326 g/mol. The number of hydrogen-bond acceptors (Lipinski definition) is 5. The molecule has 0 bridgehead atoms. The second kappa shape index (κ2) is 5.73. The van der Waals surface area contributed by atoms with Crippen LogP contribution in [0.2, 0.25) is 0 Å². The van der Waals surface area contributed by atoms with Gasteiger partial charge in [-0.3, -0.25) is 4.72 Å². The van der Waals surface area contributed by atoms with Crippen LogP contribution in [-0.4, -0.2) is 33.1 Å². The summed E-state index contributed by atoms with van der Waals surface area (Å²) in [7, 11) is -7.26. The van der Waals surface area contributed by atoms with Crippen molar-refractivity contribution in [2.24, 2.45) is 0 Å². The number of anilines is 1. The third-order valence-electron chi connectivity index (χ3n) is 2.92. The van der Waals surface area contributed by atoms with Crippen LogP contribution in [0.1, 0.15) is 25.6 Å². The number of benzene rings is 1. The van der Waals surface area contributed by atoms with Crippen molar-refractivity contribution in [3.05, 3.63) is 36.3 Å². The van der Waals surface area contributed by atoms with Gasteiger partial charge in [0.05, 0.1) is 16.8 Å². The number of sulfonamides is 1. The number of imidazole rings is 1. The minimum atomic E-state index is -3.85. The fourth-order valence-corrected chi connectivity index (χ4v) is 3.39. The Morgan fingerprint density at radius 1 is 1.18 bits per heavy atom. The van der Waals surface area contributed by atoms with Crippen LogP contribution in [0.3, 0.4) is 0 Å². The van der Waals surface area contributed by atoms with Crippen LogP contribution in [0.25, 0.3) is 0 Å². The molecule has 0 saturated heterocycles. The Hall–Kier alpha value is -1.87. The van der Waals surface area contributed by atoms with E-state index >= 15 is 0 Å². The van der Waals surface area contributed by atoms with Crippen LogP contribution >= 0.6 is 0 Å². The predicted molar refractivity (Wildman–Crippen MR) is 83.0 cm³/mol. The van der Waals surface area contributed by atoms with Crippen LogP contribution in [-0.2, 0) is 19.9 Å². The highest BCUT2D eigenvalue weighted by molar-refractivity contribution is 7.92. The molecule has 2 rings (SSSR count). The molecule has 22 heavy (non-hydrogen) atoms. The summed E-state index contributed by atoms with van der Waals surface area (Å²) in [4.78, 5) is 6.79. The van der Waals surface area contributed by atoms with E-state index in [1.165, 1.54) is 30.5 Å². The topological polar surface area (TPSA) is 109 Å². The lowest BCUT2D eigenvalue weighted by Crippen LogP contribution is -2.14. The highest BCUT2D eigenvalue weighted by Crippen LogP contribution is 2.20. The number of hydrogen-bond donors (Lipinski definition) is 2. The van der Waals surface area contributed by atoms with E-state index in [0.29, 0.717) is 5.82 Å². The Bertz CT molecular complexity index is 884. The molecule has 0 amide bonds. The quantitative estimate of drug-likeness (QED) is 0.859. The first-order chi connectivity index (χ1) is 10.1. The fraction of sp³-hybridized carbons (Fsp3) is 0.308. The Morgan fingerprint density at radius 2 is 1.86 bits per heavy atom. The Balaban J connectivity index is 2.32. The summed E-state index contributed by atoms with van der Waals surface area (Å²) in [6, 6.07) is 5.62. The zero-order valence-electron chi connectivity index (χ0n) is 12.4. The molecule has 9 heteroatoms. The lowest BCUT2D eigenvalue weighted by Gasteiger charge is -2.07. The minimum absolute atomic E-state index is 0.0418. The molecule has 2 N–H and O–H groups in total. The summed E-state index contributed by atoms with van der Waals surface area (Å²) in [5, 5.41) is -0.0686. The van der Waals surface area contributed by atoms with Crippen molar-refractivity contribution in [2.75, 3.05) is 11.0 Å². The fourth-order valence-electron chi connectivity index (χ4n) is 1.75. The third-order valence-corrected chi connectivity index (χ3v) is 5.32. The maximum absolute atomic E-state index is 12.3. The lowest BCUT2D eigenvalue weighted by molar-refractivity contribution is 0.596. The van der Waals surface area contributed by atoms with Crippen LogP contribution < -0.4 is 4.72 Å². The van der Waals surface area contributed by atoms with Gasteiger partial charge in [-0.05, 0) is 18.2 Å². The second-order valence-corrected chi connectivity index (χ2v) is 8.86. The maximum atomic E-state index is 12.3. The van der Waals surface area contributed by atoms with Crippen molar-refractivity contribution in [3.8, 4) is 0 Å². The van der Waals surface area contributed by atoms with Crippen molar-refractivity contribution in [1.82, 2.24) is 9.97 Å². The van der Waals surface area contributed by atoms with Gasteiger partial charge in [0.25, 0.3) is 10.0 Å². The van der Waals surface area contributed by atoms with E-state index in [9.17, 15) is 16.8 Å². The van der Waals surface area contributed by atoms with E-state index in [1.54, 1.807) is 0 Å². The van der Waals surface area contributed by atoms with E-state index in [1.807, 2.05) is 13.8 Å². The van der Waals surface area contributed by atoms with Crippen molar-refractivity contribution < 1.29 is 16.8 Å². The molecule has 0 aliphatic carbocycles. The Labute approximate surface area is 129 Å². The van der Waals surface area contributed by atoms with Gasteiger partial charge >= 0.3 is 0 Å². The van der Waals surface area contributed by atoms with Crippen LogP contribution in [0, 0.1) is 0 Å². The molecule has 0 aliphatic heterocycles. The summed E-state index contributed by atoms with van der Waals surface area (Å²) < 4.78 is 49.9. The van der Waals surface area contributed by atoms with Gasteiger partial charge in [-0.15, -0.1) is 0 Å². The van der Waals surface area contributed by atoms with Crippen LogP contribution in [0.15, 0.2) is 40.4 Å². The van der Waals surface area contributed by atoms with Gasteiger partial charge in [0.2, 0.25) is 0 Å². The largest absolute Gasteiger partial charge is 0.331 e. The maximum Gasteiger partial charge on any atom is 0.278 e. The smallest absolute Gasteiger partial charge is 0.278 e. The summed E-state index contributed by atoms with van der Waals surface area (Å²) >= 11 is 0. The SMILES string of the molecule is CC(C)c1ncc(S(=O)(=O)Nc2cccc(S(C)(=O)=O)c2)[nH]1. The first-order valence-corrected chi connectivity index (χ1v) is 9.85. The molecule has 1 aromatic carbocycles. The zero-order chi connectivity index (χ0) is 16.5. The lowest BCUT2D eigenvalue weighted by atomic mass is 10.2. The van der Waals surface area contributed by atoms with Gasteiger partial charge in [-0.25, -0.2) is 13.4 Å². The number of nitrogens with one attached hydrogen (secondary N) is 2. The molecule has 1 aromatic heterocycles. The second-order valence-electron chi connectivity index (χ2n) is 5.19. The highest BCUT2D eigenvalue weighted by atomic mass is 32.2. The number of nitrogens with zero attached hydrogens (tertiary/aromatic N) is 1. The predicted octanol–water partition coefficient (Wildman–Crippen LogP) is 1.74. The van der Waals surface area contributed by atoms with Gasteiger partial charge in [0, 0.05) is 12.2 Å². The van der Waals surface area contributed by atoms with Crippen molar-refractivity contribution >= 4 is 25.5 Å². The molecule has 2 aromatic rings. The van der Waals surface area contributed by atoms with Crippen LogP contribution in [0.5, 0.6) is 0 Å². The van der Waals surface area contributed by atoms with Gasteiger partial charge in [-0.1, -0.05) is 19.9 Å². The van der Waals surface area contributed by atoms with Crippen molar-refractivity contribution in [2.45, 2.75) is 29.7 Å². The summed E-state index contributed by atoms with van der Waals surface area (Å²) in [5.41, 5.74) is 0.170. The summed E-state index contributed by atoms with van der Waals surface area (Å²) in [5.74, 6) is 0.628. The standard InChI is InChI=1S/C13H17N3O4S2/c1-9(2)13-14-8-12(15-13)22(19,20)16-10-5-4-6-11(7-10)21(3,17)18/h4-9,16H,1-3H3,(H,14,15). The normalized spacial score (nSPS) is 12.5. The number of rotatable bonds is 5. The third kappa shape index (κ3) is 3.66. The van der Waals surface area contributed by atoms with E-state index in [4.69, 9.17) is 0 Å². The number of aromatic amines is 1. The molecule has 0 spiro atoms. The Morgan fingerprint density at radius 3 is 2.41 bits per heavy atom. The number of H-pyrrole nitrogens is 1. The molecular formula is C13H17N3O4S2. The average Bonchev–Trinajstić information content (AvgIpc) is 2.88. The first-order valence-electron chi connectivity index (χ1n) is 6.47. The molecule has 0 radical (unpaired) electrons. The van der Waals surface area contributed by atoms with Gasteiger partial charge in [-0.2, -0.15) is 8.42 Å². The monoisotopic (exact) mass is 343 g/mol. The van der Waals surface area contributed by atoms with E-state index in [2.05, 4.69) is 14.7 Å². The molecule has 0 atom stereocenters. The molecule has 1 heterocycles. The molecule has 0 fully saturated rings. The van der Waals surface area contributed by atoms with Gasteiger partial charge in [0.1, 0.15) is 5.82 Å². The molecule has 7 nitrogen and oxygen atoms in total. The average molecular weight is 343 g/mol. The first kappa shape index (κ1) is 16.5. The van der Waals surface area contributed by atoms with Crippen molar-refractivity contribution in [1.29, 1.82) is 0 Å². The van der Waals surface area contributed by atoms with Gasteiger partial charge in [0.15, 0.2) is 14.9 Å². The Kier molecular flexibility index (Phi) is 4.30. The minimum Gasteiger partial charge on any atom is -0.331 e. The molecule has 0 saturated carbocycles. The molecule has 0 unspecified atom stereocenters. The van der Waals surface area contributed by atoms with Crippen LogP contribution in [0.4, 0.5) is 5.69 Å². The van der Waals surface area contributed by atoms with E-state index in [0.717, 1.165) is 6.26 Å².